The average Bonchev–Trinajstić information content (AvgIpc) is 2.30. The molecule has 2 aromatic rings. The Morgan fingerprint density at radius 3 is 2.50 bits per heavy atom. The van der Waals surface area contributed by atoms with Crippen LogP contribution in [0.25, 0.3) is 11.1 Å². The molecule has 2 aromatic carbocycles. The van der Waals surface area contributed by atoms with Gasteiger partial charge in [0.2, 0.25) is 0 Å². The molecular weight excluding hydrogens is 229 g/mol. The standard InChI is InChI=1S/C15H12FNO/c1-9-5-10(2)15(13(16)6-9)11-3-4-14(18)12(7-11)8-17/h3-7,18H,1-2H3. The zero-order valence-electron chi connectivity index (χ0n) is 10.2. The first-order valence-electron chi connectivity index (χ1n) is 5.53. The van der Waals surface area contributed by atoms with E-state index >= 15 is 0 Å². The van der Waals surface area contributed by atoms with Gasteiger partial charge in [0.1, 0.15) is 17.6 Å². The zero-order chi connectivity index (χ0) is 13.3. The maximum absolute atomic E-state index is 14.0. The minimum atomic E-state index is -0.318. The molecule has 0 saturated heterocycles. The number of phenolic OH excluding ortho intramolecular Hbond substituents is 1. The second-order valence-corrected chi connectivity index (χ2v) is 4.28. The van der Waals surface area contributed by atoms with Crippen LogP contribution in [0.15, 0.2) is 30.3 Å². The Labute approximate surface area is 105 Å². The Morgan fingerprint density at radius 1 is 1.17 bits per heavy atom. The number of nitrogens with zero attached hydrogens (tertiary/aromatic N) is 1. The fraction of sp³-hybridized carbons (Fsp3) is 0.133. The van der Waals surface area contributed by atoms with Gasteiger partial charge < -0.3 is 5.11 Å². The molecule has 1 N–H and O–H groups in total. The lowest BCUT2D eigenvalue weighted by Gasteiger charge is -2.10. The number of halogens is 1. The number of hydrogen-bond acceptors (Lipinski definition) is 2. The lowest BCUT2D eigenvalue weighted by molar-refractivity contribution is 0.473. The van der Waals surface area contributed by atoms with Crippen molar-refractivity contribution >= 4 is 0 Å². The Hall–Kier alpha value is -2.34. The molecule has 0 aliphatic heterocycles. The third-order valence-corrected chi connectivity index (χ3v) is 2.84. The molecule has 0 radical (unpaired) electrons. The van der Waals surface area contributed by atoms with Crippen LogP contribution in [0, 0.1) is 31.0 Å². The van der Waals surface area contributed by atoms with E-state index in [1.54, 1.807) is 6.07 Å². The van der Waals surface area contributed by atoms with Crippen molar-refractivity contribution in [1.29, 1.82) is 5.26 Å². The minimum absolute atomic E-state index is 0.0913. The van der Waals surface area contributed by atoms with Crippen LogP contribution in [-0.4, -0.2) is 5.11 Å². The van der Waals surface area contributed by atoms with Crippen LogP contribution in [0.3, 0.4) is 0 Å². The highest BCUT2D eigenvalue weighted by molar-refractivity contribution is 5.71. The fourth-order valence-electron chi connectivity index (χ4n) is 2.06. The molecule has 0 aliphatic carbocycles. The smallest absolute Gasteiger partial charge is 0.133 e. The number of benzene rings is 2. The van der Waals surface area contributed by atoms with Gasteiger partial charge in [-0.2, -0.15) is 5.26 Å². The first-order chi connectivity index (χ1) is 8.52. The first-order valence-corrected chi connectivity index (χ1v) is 5.53. The second kappa shape index (κ2) is 4.50. The summed E-state index contributed by atoms with van der Waals surface area (Å²) < 4.78 is 14.0. The van der Waals surface area contributed by atoms with E-state index in [2.05, 4.69) is 0 Å². The topological polar surface area (TPSA) is 44.0 Å². The summed E-state index contributed by atoms with van der Waals surface area (Å²) in [6.45, 7) is 3.65. The lowest BCUT2D eigenvalue weighted by atomic mass is 9.96. The number of hydrogen-bond donors (Lipinski definition) is 1. The number of aromatic hydroxyl groups is 1. The molecule has 0 unspecified atom stereocenters. The van der Waals surface area contributed by atoms with Crippen molar-refractivity contribution in [2.75, 3.05) is 0 Å². The molecule has 0 heterocycles. The molecule has 0 bridgehead atoms. The van der Waals surface area contributed by atoms with Crippen molar-refractivity contribution < 1.29 is 9.50 Å². The van der Waals surface area contributed by atoms with E-state index in [0.717, 1.165) is 11.1 Å². The molecule has 0 fully saturated rings. The van der Waals surface area contributed by atoms with Crippen LogP contribution in [0.5, 0.6) is 5.75 Å². The predicted molar refractivity (Wildman–Crippen MR) is 67.7 cm³/mol. The SMILES string of the molecule is Cc1cc(C)c(-c2ccc(O)c(C#N)c2)c(F)c1. The summed E-state index contributed by atoms with van der Waals surface area (Å²) in [6, 6.07) is 9.74. The van der Waals surface area contributed by atoms with Crippen molar-refractivity contribution in [3.63, 3.8) is 0 Å². The van der Waals surface area contributed by atoms with Gasteiger partial charge in [0, 0.05) is 5.56 Å². The summed E-state index contributed by atoms with van der Waals surface area (Å²) in [5, 5.41) is 18.3. The highest BCUT2D eigenvalue weighted by atomic mass is 19.1. The average molecular weight is 241 g/mol. The van der Waals surface area contributed by atoms with Crippen LogP contribution in [0.1, 0.15) is 16.7 Å². The highest BCUT2D eigenvalue weighted by Crippen LogP contribution is 2.30. The highest BCUT2D eigenvalue weighted by Gasteiger charge is 2.11. The molecule has 0 aliphatic rings. The Kier molecular flexibility index (Phi) is 3.03. The van der Waals surface area contributed by atoms with Gasteiger partial charge in [-0.25, -0.2) is 4.39 Å². The number of phenols is 1. The molecule has 18 heavy (non-hydrogen) atoms. The van der Waals surface area contributed by atoms with Gasteiger partial charge in [0.15, 0.2) is 0 Å². The molecular formula is C15H12FNO. The normalized spacial score (nSPS) is 10.1. The largest absolute Gasteiger partial charge is 0.507 e. The maximum Gasteiger partial charge on any atom is 0.133 e. The monoisotopic (exact) mass is 241 g/mol. The summed E-state index contributed by atoms with van der Waals surface area (Å²) in [5.74, 6) is -0.409. The van der Waals surface area contributed by atoms with Crippen LogP contribution in [-0.2, 0) is 0 Å². The number of aryl methyl sites for hydroxylation is 2. The third-order valence-electron chi connectivity index (χ3n) is 2.84. The molecule has 2 nitrogen and oxygen atoms in total. The summed E-state index contributed by atoms with van der Waals surface area (Å²) >= 11 is 0. The molecule has 0 amide bonds. The van der Waals surface area contributed by atoms with Crippen LogP contribution >= 0.6 is 0 Å². The van der Waals surface area contributed by atoms with Crippen LogP contribution in [0.4, 0.5) is 4.39 Å². The molecule has 0 spiro atoms. The van der Waals surface area contributed by atoms with Crippen molar-refractivity contribution in [2.45, 2.75) is 13.8 Å². The van der Waals surface area contributed by atoms with Crippen molar-refractivity contribution in [3.8, 4) is 22.9 Å². The molecule has 0 aromatic heterocycles. The van der Waals surface area contributed by atoms with Gasteiger partial charge in [-0.15, -0.1) is 0 Å². The van der Waals surface area contributed by atoms with E-state index in [1.807, 2.05) is 26.0 Å². The van der Waals surface area contributed by atoms with E-state index in [1.165, 1.54) is 18.2 Å². The molecule has 0 saturated carbocycles. The quantitative estimate of drug-likeness (QED) is 0.827. The van der Waals surface area contributed by atoms with Gasteiger partial charge in [-0.1, -0.05) is 12.1 Å². The van der Waals surface area contributed by atoms with Crippen molar-refractivity contribution in [3.05, 3.63) is 52.8 Å². The third kappa shape index (κ3) is 2.05. The van der Waals surface area contributed by atoms with Gasteiger partial charge in [0.25, 0.3) is 0 Å². The summed E-state index contributed by atoms with van der Waals surface area (Å²) in [5.41, 5.74) is 2.87. The first kappa shape index (κ1) is 12.1. The van der Waals surface area contributed by atoms with Gasteiger partial charge >= 0.3 is 0 Å². The zero-order valence-corrected chi connectivity index (χ0v) is 10.2. The number of rotatable bonds is 1. The van der Waals surface area contributed by atoms with E-state index in [0.29, 0.717) is 11.1 Å². The lowest BCUT2D eigenvalue weighted by Crippen LogP contribution is -1.91. The van der Waals surface area contributed by atoms with Gasteiger partial charge in [0.05, 0.1) is 5.56 Å². The Bertz CT molecular complexity index is 633. The van der Waals surface area contributed by atoms with E-state index in [9.17, 15) is 9.50 Å². The van der Waals surface area contributed by atoms with Crippen molar-refractivity contribution in [1.82, 2.24) is 0 Å². The summed E-state index contributed by atoms with van der Waals surface area (Å²) in [6.07, 6.45) is 0. The summed E-state index contributed by atoms with van der Waals surface area (Å²) in [7, 11) is 0. The molecule has 3 heteroatoms. The van der Waals surface area contributed by atoms with E-state index in [-0.39, 0.29) is 17.1 Å². The van der Waals surface area contributed by atoms with E-state index in [4.69, 9.17) is 5.26 Å². The minimum Gasteiger partial charge on any atom is -0.507 e. The Balaban J connectivity index is 2.67. The van der Waals surface area contributed by atoms with E-state index < -0.39 is 0 Å². The van der Waals surface area contributed by atoms with Crippen LogP contribution in [0.2, 0.25) is 0 Å². The Morgan fingerprint density at radius 2 is 1.89 bits per heavy atom. The second-order valence-electron chi connectivity index (χ2n) is 4.28. The maximum atomic E-state index is 14.0. The number of nitriles is 1. The molecule has 2 rings (SSSR count). The molecule has 90 valence electrons. The summed E-state index contributed by atoms with van der Waals surface area (Å²) in [4.78, 5) is 0. The van der Waals surface area contributed by atoms with Crippen LogP contribution < -0.4 is 0 Å². The predicted octanol–water partition coefficient (Wildman–Crippen LogP) is 3.69. The van der Waals surface area contributed by atoms with Gasteiger partial charge in [-0.3, -0.25) is 0 Å². The fourth-order valence-corrected chi connectivity index (χ4v) is 2.06. The van der Waals surface area contributed by atoms with Crippen molar-refractivity contribution in [2.24, 2.45) is 0 Å². The molecule has 0 atom stereocenters. The van der Waals surface area contributed by atoms with Gasteiger partial charge in [-0.05, 0) is 48.7 Å².